The molecule has 3 heterocycles. The predicted molar refractivity (Wildman–Crippen MR) is 163 cm³/mol. The van der Waals surface area contributed by atoms with Crippen molar-refractivity contribution in [3.63, 3.8) is 0 Å². The molecule has 2 aliphatic rings. The summed E-state index contributed by atoms with van der Waals surface area (Å²) in [5.74, 6) is 1.27. The van der Waals surface area contributed by atoms with E-state index in [0.29, 0.717) is 12.0 Å². The monoisotopic (exact) mass is 529 g/mol. The van der Waals surface area contributed by atoms with E-state index in [1.165, 1.54) is 33.5 Å². The number of ether oxygens (including phenoxy) is 1. The van der Waals surface area contributed by atoms with E-state index in [4.69, 9.17) is 4.74 Å². The molecule has 0 saturated carbocycles. The summed E-state index contributed by atoms with van der Waals surface area (Å²) in [7, 11) is 1.69. The molecule has 0 amide bonds. The highest BCUT2D eigenvalue weighted by Gasteiger charge is 2.55. The number of quaternary nitrogens is 1. The lowest BCUT2D eigenvalue weighted by atomic mass is 9.84. The summed E-state index contributed by atoms with van der Waals surface area (Å²) in [6.07, 6.45) is 7.75. The molecule has 2 saturated heterocycles. The van der Waals surface area contributed by atoms with Crippen molar-refractivity contribution in [1.82, 2.24) is 4.98 Å². The first-order valence-corrected chi connectivity index (χ1v) is 14.6. The van der Waals surface area contributed by atoms with Crippen molar-refractivity contribution < 1.29 is 14.3 Å². The summed E-state index contributed by atoms with van der Waals surface area (Å²) >= 11 is 0. The average Bonchev–Trinajstić information content (AvgIpc) is 3.09. The fourth-order valence-corrected chi connectivity index (χ4v) is 7.81. The van der Waals surface area contributed by atoms with Crippen molar-refractivity contribution in [1.29, 1.82) is 0 Å². The van der Waals surface area contributed by atoms with Gasteiger partial charge in [0, 0.05) is 36.4 Å². The fourth-order valence-electron chi connectivity index (χ4n) is 7.81. The highest BCUT2D eigenvalue weighted by molar-refractivity contribution is 6.02. The standard InChI is InChI=1S/C36H37N2O2/c1-3-24-12-15-35(36(39)31-16-18-37-34-14-13-28(40-2)22-32(31)34)38(19-17-27(38)20-24)23-33-29-10-6-4-8-25(29)21-26-9-5-7-11-30(26)33/h3-11,13-14,16,18,21-22,24,27,35-36,39H,1,12,15,17,19-20,23H2,2H3/q+1. The Morgan fingerprint density at radius 1 is 0.950 bits per heavy atom. The maximum absolute atomic E-state index is 12.4. The fraction of sp³-hybridized carbons (Fsp3) is 0.306. The number of aromatic nitrogens is 1. The number of allylic oxidation sites excluding steroid dienone is 1. The molecule has 0 spiro atoms. The number of aliphatic hydroxyl groups is 1. The van der Waals surface area contributed by atoms with Crippen molar-refractivity contribution in [3.8, 4) is 5.75 Å². The first-order chi connectivity index (χ1) is 19.6. The number of hydrogen-bond acceptors (Lipinski definition) is 3. The van der Waals surface area contributed by atoms with Gasteiger partial charge in [-0.3, -0.25) is 4.98 Å². The van der Waals surface area contributed by atoms with Gasteiger partial charge in [-0.25, -0.2) is 0 Å². The highest BCUT2D eigenvalue weighted by atomic mass is 16.5. The number of pyridine rings is 1. The molecule has 0 bridgehead atoms. The molecule has 2 aliphatic heterocycles. The molecule has 5 aromatic rings. The van der Waals surface area contributed by atoms with Gasteiger partial charge in [0.2, 0.25) is 0 Å². The third-order valence-electron chi connectivity index (χ3n) is 10.0. The molecule has 4 aromatic carbocycles. The lowest BCUT2D eigenvalue weighted by Crippen LogP contribution is -2.69. The quantitative estimate of drug-likeness (QED) is 0.139. The van der Waals surface area contributed by atoms with Gasteiger partial charge in [0.05, 0.1) is 25.2 Å². The summed E-state index contributed by atoms with van der Waals surface area (Å²) in [6.45, 7) is 6.20. The smallest absolute Gasteiger partial charge is 0.131 e. The topological polar surface area (TPSA) is 42.4 Å². The van der Waals surface area contributed by atoms with Crippen molar-refractivity contribution >= 4 is 32.4 Å². The van der Waals surface area contributed by atoms with Crippen LogP contribution in [0.2, 0.25) is 0 Å². The minimum Gasteiger partial charge on any atom is -0.497 e. The molecular formula is C36H37N2O2+. The summed E-state index contributed by atoms with van der Waals surface area (Å²) in [5, 5.41) is 18.6. The van der Waals surface area contributed by atoms with Gasteiger partial charge in [0.1, 0.15) is 24.4 Å². The van der Waals surface area contributed by atoms with E-state index in [0.717, 1.165) is 59.1 Å². The Hall–Kier alpha value is -3.73. The van der Waals surface area contributed by atoms with Gasteiger partial charge in [-0.05, 0) is 69.8 Å². The van der Waals surface area contributed by atoms with Crippen molar-refractivity contribution in [2.75, 3.05) is 13.7 Å². The van der Waals surface area contributed by atoms with Crippen LogP contribution in [0.1, 0.15) is 42.9 Å². The third-order valence-corrected chi connectivity index (χ3v) is 10.0. The van der Waals surface area contributed by atoms with Crippen LogP contribution in [0.3, 0.4) is 0 Å². The van der Waals surface area contributed by atoms with E-state index in [9.17, 15) is 5.11 Å². The summed E-state index contributed by atoms with van der Waals surface area (Å²) < 4.78 is 6.48. The third kappa shape index (κ3) is 4.01. The molecule has 4 nitrogen and oxygen atoms in total. The van der Waals surface area contributed by atoms with Gasteiger partial charge in [-0.15, -0.1) is 6.58 Å². The summed E-state index contributed by atoms with van der Waals surface area (Å²) in [4.78, 5) is 4.60. The van der Waals surface area contributed by atoms with Gasteiger partial charge in [-0.1, -0.05) is 54.6 Å². The number of methoxy groups -OCH3 is 1. The molecule has 5 atom stereocenters. The Balaban J connectivity index is 1.39. The van der Waals surface area contributed by atoms with E-state index in [1.807, 2.05) is 30.5 Å². The highest BCUT2D eigenvalue weighted by Crippen LogP contribution is 2.49. The Kier molecular flexibility index (Phi) is 6.33. The first-order valence-electron chi connectivity index (χ1n) is 14.6. The van der Waals surface area contributed by atoms with Crippen LogP contribution in [0.5, 0.6) is 5.75 Å². The second-order valence-electron chi connectivity index (χ2n) is 11.8. The predicted octanol–water partition coefficient (Wildman–Crippen LogP) is 7.73. The van der Waals surface area contributed by atoms with Gasteiger partial charge in [-0.2, -0.15) is 0 Å². The Labute approximate surface area is 236 Å². The van der Waals surface area contributed by atoms with E-state index in [2.05, 4.69) is 72.2 Å². The van der Waals surface area contributed by atoms with Crippen LogP contribution in [0, 0.1) is 5.92 Å². The molecular weight excluding hydrogens is 492 g/mol. The number of benzene rings is 4. The van der Waals surface area contributed by atoms with Crippen LogP contribution in [-0.2, 0) is 6.54 Å². The summed E-state index contributed by atoms with van der Waals surface area (Å²) in [6, 6.07) is 28.5. The number of hydrogen-bond donors (Lipinski definition) is 1. The average molecular weight is 530 g/mol. The van der Waals surface area contributed by atoms with Gasteiger partial charge < -0.3 is 14.3 Å². The van der Waals surface area contributed by atoms with E-state index < -0.39 is 6.10 Å². The molecule has 1 aromatic heterocycles. The van der Waals surface area contributed by atoms with Crippen LogP contribution in [0.25, 0.3) is 32.4 Å². The molecule has 202 valence electrons. The normalized spacial score (nSPS) is 25.2. The first kappa shape index (κ1) is 25.3. The largest absolute Gasteiger partial charge is 0.497 e. The molecule has 1 N–H and O–H groups in total. The van der Waals surface area contributed by atoms with Crippen LogP contribution >= 0.6 is 0 Å². The maximum atomic E-state index is 12.4. The Morgan fingerprint density at radius 3 is 2.38 bits per heavy atom. The maximum Gasteiger partial charge on any atom is 0.131 e. The van der Waals surface area contributed by atoms with Crippen LogP contribution in [0.15, 0.2) is 97.7 Å². The van der Waals surface area contributed by atoms with E-state index in [-0.39, 0.29) is 6.04 Å². The van der Waals surface area contributed by atoms with E-state index in [1.54, 1.807) is 7.11 Å². The Morgan fingerprint density at radius 2 is 1.70 bits per heavy atom. The van der Waals surface area contributed by atoms with Crippen molar-refractivity contribution in [3.05, 3.63) is 109 Å². The second kappa shape index (κ2) is 10.0. The molecule has 5 unspecified atom stereocenters. The molecule has 2 fully saturated rings. The number of rotatable bonds is 6. The molecule has 40 heavy (non-hydrogen) atoms. The van der Waals surface area contributed by atoms with Crippen LogP contribution in [0.4, 0.5) is 0 Å². The minimum atomic E-state index is -0.606. The number of nitrogens with zero attached hydrogens (tertiary/aromatic N) is 2. The number of fused-ring (bicyclic) bond motifs is 4. The summed E-state index contributed by atoms with van der Waals surface area (Å²) in [5.41, 5.74) is 3.26. The van der Waals surface area contributed by atoms with Gasteiger partial charge >= 0.3 is 0 Å². The van der Waals surface area contributed by atoms with Gasteiger partial charge in [0.25, 0.3) is 0 Å². The lowest BCUT2D eigenvalue weighted by molar-refractivity contribution is -1.02. The zero-order chi connectivity index (χ0) is 27.3. The van der Waals surface area contributed by atoms with Gasteiger partial charge in [0.15, 0.2) is 0 Å². The Bertz CT molecular complexity index is 1680. The van der Waals surface area contributed by atoms with E-state index >= 15 is 0 Å². The molecule has 0 aliphatic carbocycles. The van der Waals surface area contributed by atoms with Crippen LogP contribution < -0.4 is 4.74 Å². The van der Waals surface area contributed by atoms with Crippen LogP contribution in [-0.4, -0.2) is 40.3 Å². The molecule has 4 heteroatoms. The van der Waals surface area contributed by atoms with Crippen molar-refractivity contribution in [2.45, 2.75) is 50.4 Å². The minimum absolute atomic E-state index is 0.0817. The molecule has 0 radical (unpaired) electrons. The SMILES string of the molecule is C=CC1CCC(C(O)c2ccnc3ccc(OC)cc23)[N+]2(Cc3c4ccccc4cc4ccccc34)CCC2C1. The second-order valence-corrected chi connectivity index (χ2v) is 11.8. The van der Waals surface area contributed by atoms with Crippen molar-refractivity contribution in [2.24, 2.45) is 5.92 Å². The molecule has 7 rings (SSSR count). The number of aliphatic hydroxyl groups excluding tert-OH is 1. The zero-order valence-corrected chi connectivity index (χ0v) is 23.2. The zero-order valence-electron chi connectivity index (χ0n) is 23.2. The lowest BCUT2D eigenvalue weighted by Gasteiger charge is -2.57.